The predicted octanol–water partition coefficient (Wildman–Crippen LogP) is 2.55. The van der Waals surface area contributed by atoms with E-state index in [9.17, 15) is 0 Å². The number of thiophene rings is 1. The largest absolute Gasteiger partial charge is 0.349 e. The highest BCUT2D eigenvalue weighted by atomic mass is 32.1. The third-order valence-electron chi connectivity index (χ3n) is 4.06. The van der Waals surface area contributed by atoms with E-state index >= 15 is 0 Å². The van der Waals surface area contributed by atoms with Gasteiger partial charge in [0.05, 0.1) is 17.6 Å². The van der Waals surface area contributed by atoms with Gasteiger partial charge in [0, 0.05) is 18.5 Å². The third-order valence-corrected chi connectivity index (χ3v) is 5.05. The summed E-state index contributed by atoms with van der Waals surface area (Å²) in [7, 11) is 1.91. The van der Waals surface area contributed by atoms with Crippen molar-refractivity contribution < 1.29 is 0 Å². The van der Waals surface area contributed by atoms with Crippen LogP contribution in [0.4, 0.5) is 5.82 Å². The van der Waals surface area contributed by atoms with Gasteiger partial charge in [0.15, 0.2) is 5.65 Å². The van der Waals surface area contributed by atoms with Crippen molar-refractivity contribution in [2.24, 2.45) is 7.05 Å². The quantitative estimate of drug-likeness (QED) is 0.689. The number of hydrogen-bond acceptors (Lipinski definition) is 5. The minimum Gasteiger partial charge on any atom is -0.349 e. The molecule has 1 aliphatic heterocycles. The highest BCUT2D eigenvalue weighted by Gasteiger charge is 2.27. The van der Waals surface area contributed by atoms with Gasteiger partial charge >= 0.3 is 0 Å². The minimum atomic E-state index is 0.350. The first-order chi connectivity index (χ1) is 9.75. The molecule has 1 atom stereocenters. The van der Waals surface area contributed by atoms with Crippen molar-refractivity contribution >= 4 is 28.2 Å². The van der Waals surface area contributed by atoms with Crippen LogP contribution in [0.25, 0.3) is 11.0 Å². The average molecular weight is 285 g/mol. The van der Waals surface area contributed by atoms with E-state index in [0.717, 1.165) is 29.8 Å². The molecule has 0 N–H and O–H groups in total. The molecule has 3 aromatic heterocycles. The van der Waals surface area contributed by atoms with Crippen molar-refractivity contribution in [1.82, 2.24) is 19.7 Å². The Kier molecular flexibility index (Phi) is 2.53. The van der Waals surface area contributed by atoms with Crippen molar-refractivity contribution in [3.63, 3.8) is 0 Å². The fourth-order valence-electron chi connectivity index (χ4n) is 2.98. The first-order valence-corrected chi connectivity index (χ1v) is 7.59. The summed E-state index contributed by atoms with van der Waals surface area (Å²) < 4.78 is 1.80. The highest BCUT2D eigenvalue weighted by molar-refractivity contribution is 7.10. The fraction of sp³-hybridized carbons (Fsp3) is 0.357. The van der Waals surface area contributed by atoms with E-state index in [1.165, 1.54) is 10.4 Å². The van der Waals surface area contributed by atoms with E-state index in [2.05, 4.69) is 38.3 Å². The predicted molar refractivity (Wildman–Crippen MR) is 80.1 cm³/mol. The third kappa shape index (κ3) is 1.57. The topological polar surface area (TPSA) is 46.8 Å². The molecule has 3 aromatic rings. The van der Waals surface area contributed by atoms with Gasteiger partial charge in [-0.2, -0.15) is 5.10 Å². The molecule has 0 radical (unpaired) electrons. The van der Waals surface area contributed by atoms with Crippen LogP contribution in [0.5, 0.6) is 0 Å². The van der Waals surface area contributed by atoms with E-state index in [0.29, 0.717) is 6.04 Å². The van der Waals surface area contributed by atoms with Crippen molar-refractivity contribution in [2.75, 3.05) is 11.4 Å². The summed E-state index contributed by atoms with van der Waals surface area (Å²) in [5, 5.41) is 7.51. The maximum absolute atomic E-state index is 4.52. The number of aryl methyl sites for hydroxylation is 1. The van der Waals surface area contributed by atoms with Crippen molar-refractivity contribution in [3.05, 3.63) is 34.4 Å². The van der Waals surface area contributed by atoms with Gasteiger partial charge in [-0.15, -0.1) is 11.3 Å². The summed E-state index contributed by atoms with van der Waals surface area (Å²) in [5.74, 6) is 0.993. The summed E-state index contributed by atoms with van der Waals surface area (Å²) >= 11 is 1.86. The van der Waals surface area contributed by atoms with Crippen molar-refractivity contribution in [3.8, 4) is 0 Å². The lowest BCUT2D eigenvalue weighted by Crippen LogP contribution is -2.33. The Morgan fingerprint density at radius 3 is 3.15 bits per heavy atom. The van der Waals surface area contributed by atoms with Crippen LogP contribution in [0.15, 0.2) is 24.0 Å². The molecule has 5 nitrogen and oxygen atoms in total. The van der Waals surface area contributed by atoms with E-state index in [1.807, 2.05) is 24.6 Å². The molecule has 0 bridgehead atoms. The zero-order valence-corrected chi connectivity index (χ0v) is 12.3. The standard InChI is InChI=1S/C14H15N5S/c1-9-10-4-6-20-12(10)3-5-19(9)14-11-7-17-18(2)13(11)15-8-16-14/h4,6-9H,3,5H2,1-2H3/t9-/m1/s1. The van der Waals surface area contributed by atoms with Crippen LogP contribution in [-0.4, -0.2) is 26.3 Å². The van der Waals surface area contributed by atoms with Crippen molar-refractivity contribution in [1.29, 1.82) is 0 Å². The molecular formula is C14H15N5S. The number of hydrogen-bond donors (Lipinski definition) is 0. The van der Waals surface area contributed by atoms with Gasteiger partial charge in [0.1, 0.15) is 12.1 Å². The van der Waals surface area contributed by atoms with Gasteiger partial charge in [-0.3, -0.25) is 4.68 Å². The summed E-state index contributed by atoms with van der Waals surface area (Å²) in [6.07, 6.45) is 4.58. The van der Waals surface area contributed by atoms with Gasteiger partial charge in [-0.25, -0.2) is 9.97 Å². The Morgan fingerprint density at radius 2 is 2.25 bits per heavy atom. The Balaban J connectivity index is 1.84. The second-order valence-electron chi connectivity index (χ2n) is 5.12. The Hall–Kier alpha value is -1.95. The molecule has 102 valence electrons. The number of fused-ring (bicyclic) bond motifs is 2. The summed E-state index contributed by atoms with van der Waals surface area (Å²) in [6, 6.07) is 2.58. The van der Waals surface area contributed by atoms with Crippen LogP contribution in [-0.2, 0) is 13.5 Å². The van der Waals surface area contributed by atoms with Gasteiger partial charge in [-0.1, -0.05) is 0 Å². The molecule has 0 spiro atoms. The van der Waals surface area contributed by atoms with Crippen LogP contribution in [0.2, 0.25) is 0 Å². The molecule has 0 unspecified atom stereocenters. The molecule has 0 fully saturated rings. The van der Waals surface area contributed by atoms with E-state index in [-0.39, 0.29) is 0 Å². The molecule has 0 aromatic carbocycles. The van der Waals surface area contributed by atoms with Crippen LogP contribution < -0.4 is 4.90 Å². The first kappa shape index (κ1) is 11.8. The average Bonchev–Trinajstić information content (AvgIpc) is 3.07. The van der Waals surface area contributed by atoms with Gasteiger partial charge in [-0.05, 0) is 30.4 Å². The lowest BCUT2D eigenvalue weighted by molar-refractivity contribution is 0.627. The molecule has 0 amide bonds. The van der Waals surface area contributed by atoms with E-state index in [1.54, 1.807) is 11.0 Å². The summed E-state index contributed by atoms with van der Waals surface area (Å²) in [4.78, 5) is 12.7. The first-order valence-electron chi connectivity index (χ1n) is 6.71. The maximum atomic E-state index is 4.52. The normalized spacial score (nSPS) is 18.5. The number of anilines is 1. The Labute approximate surface area is 120 Å². The lowest BCUT2D eigenvalue weighted by Gasteiger charge is -2.34. The number of aromatic nitrogens is 4. The highest BCUT2D eigenvalue weighted by Crippen LogP contribution is 2.37. The lowest BCUT2D eigenvalue weighted by atomic mass is 10.0. The zero-order chi connectivity index (χ0) is 13.7. The van der Waals surface area contributed by atoms with Crippen LogP contribution in [0, 0.1) is 0 Å². The monoisotopic (exact) mass is 285 g/mol. The molecule has 0 saturated heterocycles. The Bertz CT molecular complexity index is 775. The fourth-order valence-corrected chi connectivity index (χ4v) is 3.94. The van der Waals surface area contributed by atoms with Gasteiger partial charge < -0.3 is 4.90 Å². The SMILES string of the molecule is C[C@@H]1c2ccsc2CCN1c1ncnc2c1cnn2C. The number of rotatable bonds is 1. The molecule has 0 aliphatic carbocycles. The van der Waals surface area contributed by atoms with Crippen LogP contribution in [0.3, 0.4) is 0 Å². The maximum Gasteiger partial charge on any atom is 0.163 e. The summed E-state index contributed by atoms with van der Waals surface area (Å²) in [6.45, 7) is 3.24. The zero-order valence-electron chi connectivity index (χ0n) is 11.4. The molecular weight excluding hydrogens is 270 g/mol. The Morgan fingerprint density at radius 1 is 1.35 bits per heavy atom. The van der Waals surface area contributed by atoms with E-state index in [4.69, 9.17) is 0 Å². The molecule has 20 heavy (non-hydrogen) atoms. The van der Waals surface area contributed by atoms with Crippen LogP contribution in [0.1, 0.15) is 23.4 Å². The number of nitrogens with zero attached hydrogens (tertiary/aromatic N) is 5. The van der Waals surface area contributed by atoms with Crippen LogP contribution >= 0.6 is 11.3 Å². The molecule has 4 heterocycles. The van der Waals surface area contributed by atoms with Gasteiger partial charge in [0.25, 0.3) is 0 Å². The smallest absolute Gasteiger partial charge is 0.163 e. The van der Waals surface area contributed by atoms with Crippen molar-refractivity contribution in [2.45, 2.75) is 19.4 Å². The second kappa shape index (κ2) is 4.28. The molecule has 4 rings (SSSR count). The van der Waals surface area contributed by atoms with Gasteiger partial charge in [0.2, 0.25) is 0 Å². The summed E-state index contributed by atoms with van der Waals surface area (Å²) in [5.41, 5.74) is 2.32. The minimum absolute atomic E-state index is 0.350. The molecule has 0 saturated carbocycles. The molecule has 1 aliphatic rings. The van der Waals surface area contributed by atoms with E-state index < -0.39 is 0 Å². The second-order valence-corrected chi connectivity index (χ2v) is 6.12. The molecule has 6 heteroatoms.